The fourth-order valence-corrected chi connectivity index (χ4v) is 15.8. The molecule has 0 amide bonds. The van der Waals surface area contributed by atoms with Gasteiger partial charge in [-0.3, -0.25) is 20.0 Å². The number of carbonyl (C=O) groups excluding carboxylic acids is 2. The van der Waals surface area contributed by atoms with Gasteiger partial charge >= 0.3 is 0 Å². The highest BCUT2D eigenvalue weighted by atomic mass is 16.1. The van der Waals surface area contributed by atoms with E-state index in [1.807, 2.05) is 76.2 Å². The van der Waals surface area contributed by atoms with E-state index in [2.05, 4.69) is 275 Å². The maximum atomic E-state index is 12.3. The highest BCUT2D eigenvalue weighted by Gasteiger charge is 2.51. The van der Waals surface area contributed by atoms with Crippen molar-refractivity contribution >= 4 is 34.9 Å². The molecule has 8 unspecified atom stereocenters. The number of ketones is 2. The molecule has 8 aromatic rings. The zero-order valence-corrected chi connectivity index (χ0v) is 67.8. The predicted octanol–water partition coefficient (Wildman–Crippen LogP) is 21.5. The number of nitrogens with one attached hydrogen (secondary N) is 1. The van der Waals surface area contributed by atoms with E-state index < -0.39 is 0 Å². The minimum atomic E-state index is 0.153. The molecule has 0 radical (unpaired) electrons. The Morgan fingerprint density at radius 3 is 1.49 bits per heavy atom. The summed E-state index contributed by atoms with van der Waals surface area (Å²) in [4.78, 5) is 25.4. The predicted molar refractivity (Wildman–Crippen MR) is 447 cm³/mol. The van der Waals surface area contributed by atoms with Gasteiger partial charge in [0, 0.05) is 53.9 Å². The summed E-state index contributed by atoms with van der Waals surface area (Å²) in [5.74, 6) is 11.5. The molecule has 14 nitrogen and oxygen atoms in total. The van der Waals surface area contributed by atoms with Gasteiger partial charge in [0.25, 0.3) is 0 Å². The number of hydrazone groups is 2. The van der Waals surface area contributed by atoms with Crippen LogP contribution in [0.5, 0.6) is 0 Å². The lowest BCUT2D eigenvalue weighted by atomic mass is 9.74. The summed E-state index contributed by atoms with van der Waals surface area (Å²) in [6.45, 7) is 39.5. The van der Waals surface area contributed by atoms with Crippen molar-refractivity contribution < 1.29 is 9.59 Å². The Morgan fingerprint density at radius 1 is 0.509 bits per heavy atom. The number of Topliss-reactive ketones (excluding diaryl/α,β-unsaturated/α-hetero) is 2. The number of carbonyl (C=O) groups is 2. The van der Waals surface area contributed by atoms with Gasteiger partial charge in [0.05, 0.1) is 29.3 Å². The van der Waals surface area contributed by atoms with Crippen molar-refractivity contribution in [3.63, 3.8) is 0 Å². The second-order valence-electron chi connectivity index (χ2n) is 34.0. The number of hydrogen-bond acceptors (Lipinski definition) is 13. The molecule has 3 saturated carbocycles. The molecule has 8 atom stereocenters. The molecule has 1 N–H and O–H groups in total. The molecule has 0 saturated heterocycles. The highest BCUT2D eigenvalue weighted by Crippen LogP contribution is 2.58. The van der Waals surface area contributed by atoms with E-state index in [-0.39, 0.29) is 11.8 Å². The minimum Gasteiger partial charge on any atom is -0.299 e. The summed E-state index contributed by atoms with van der Waals surface area (Å²) >= 11 is 0. The van der Waals surface area contributed by atoms with Crippen LogP contribution >= 0.6 is 0 Å². The number of anilines is 1. The Hall–Kier alpha value is -9.17. The molecule has 4 heterocycles. The summed E-state index contributed by atoms with van der Waals surface area (Å²) in [7, 11) is 0. The first-order chi connectivity index (χ1) is 51.9. The average Bonchev–Trinajstić information content (AvgIpc) is 1.58. The maximum Gasteiger partial charge on any atom is 0.205 e. The molecular weight excluding hydrogens is 1330 g/mol. The lowest BCUT2D eigenvalue weighted by Crippen LogP contribution is -2.31. The van der Waals surface area contributed by atoms with E-state index in [9.17, 15) is 9.59 Å². The van der Waals surface area contributed by atoms with Crippen LogP contribution < -0.4 is 10.4 Å². The second kappa shape index (κ2) is 40.9. The molecule has 4 bridgehead atoms. The molecule has 2 aliphatic heterocycles. The van der Waals surface area contributed by atoms with E-state index in [4.69, 9.17) is 5.10 Å². The summed E-state index contributed by atoms with van der Waals surface area (Å²) < 4.78 is 0. The zero-order chi connectivity index (χ0) is 77.4. The van der Waals surface area contributed by atoms with Gasteiger partial charge in [-0.15, -0.1) is 42.0 Å². The Balaban J connectivity index is 0.000000156. The van der Waals surface area contributed by atoms with Crippen molar-refractivity contribution in [1.29, 1.82) is 0 Å². The van der Waals surface area contributed by atoms with Crippen LogP contribution in [-0.4, -0.2) is 70.6 Å². The van der Waals surface area contributed by atoms with E-state index in [0.29, 0.717) is 88.3 Å². The number of aromatic nitrogens is 8. The molecule has 0 spiro atoms. The van der Waals surface area contributed by atoms with Crippen molar-refractivity contribution in [2.45, 2.75) is 188 Å². The van der Waals surface area contributed by atoms with Gasteiger partial charge in [-0.2, -0.15) is 10.2 Å². The highest BCUT2D eigenvalue weighted by molar-refractivity contribution is 6.04. The third-order valence-electron chi connectivity index (χ3n) is 21.1. The van der Waals surface area contributed by atoms with Crippen LogP contribution in [0.2, 0.25) is 0 Å². The third-order valence-corrected chi connectivity index (χ3v) is 21.1. The minimum absolute atomic E-state index is 0.153. The Labute approximate surface area is 647 Å². The van der Waals surface area contributed by atoms with Gasteiger partial charge in [-0.05, 0) is 204 Å². The van der Waals surface area contributed by atoms with Gasteiger partial charge in [0.2, 0.25) is 11.6 Å². The topological polar surface area (TPSA) is 169 Å². The van der Waals surface area contributed by atoms with Gasteiger partial charge in [0.1, 0.15) is 11.6 Å². The van der Waals surface area contributed by atoms with Crippen LogP contribution in [-0.2, 0) is 35.3 Å². The Kier molecular flexibility index (Phi) is 31.4. The van der Waals surface area contributed by atoms with Crippen LogP contribution in [0.15, 0.2) is 205 Å². The number of fused-ring (bicyclic) bond motifs is 7. The van der Waals surface area contributed by atoms with Gasteiger partial charge in [-0.25, -0.2) is 0 Å². The Morgan fingerprint density at radius 2 is 1.02 bits per heavy atom. The maximum absolute atomic E-state index is 12.3. The fourth-order valence-electron chi connectivity index (χ4n) is 15.8. The molecule has 3 fully saturated rings. The van der Waals surface area contributed by atoms with E-state index in [1.165, 1.54) is 88.9 Å². The lowest BCUT2D eigenvalue weighted by Gasteiger charge is -2.33. The summed E-state index contributed by atoms with van der Waals surface area (Å²) in [6, 6.07) is 55.0. The van der Waals surface area contributed by atoms with Crippen molar-refractivity contribution in [2.75, 3.05) is 11.6 Å². The number of tetrazole rings is 1. The number of benzene rings is 6. The molecule has 14 rings (SSSR count). The Bertz CT molecular complexity index is 4170. The first-order valence-corrected chi connectivity index (χ1v) is 40.4. The first-order valence-electron chi connectivity index (χ1n) is 40.4. The van der Waals surface area contributed by atoms with Gasteiger partial charge < -0.3 is 0 Å². The van der Waals surface area contributed by atoms with Crippen LogP contribution in [0, 0.1) is 94.7 Å². The fraction of sp³-hybridized carbons (Fsp3) is 0.479. The number of hydrogen-bond donors (Lipinski definition) is 1. The molecule has 4 aliphatic carbocycles. The van der Waals surface area contributed by atoms with Crippen molar-refractivity contribution in [1.82, 2.24) is 46.0 Å². The van der Waals surface area contributed by atoms with Gasteiger partial charge in [0.15, 0.2) is 6.33 Å². The molecular formula is C94H124N12O2. The normalized spacial score (nSPS) is 19.8. The number of rotatable bonds is 24. The second-order valence-corrected chi connectivity index (χ2v) is 34.0. The lowest BCUT2D eigenvalue weighted by molar-refractivity contribution is -0.123. The number of para-hydroxylation sites is 1. The summed E-state index contributed by atoms with van der Waals surface area (Å²) in [6.07, 6.45) is 23.3. The first kappa shape index (κ1) is 82.9. The summed E-state index contributed by atoms with van der Waals surface area (Å²) in [5, 5.41) is 39.6. The van der Waals surface area contributed by atoms with Crippen LogP contribution in [0.25, 0.3) is 34.2 Å². The van der Waals surface area contributed by atoms with Crippen LogP contribution in [0.4, 0.5) is 5.69 Å². The van der Waals surface area contributed by atoms with Crippen molar-refractivity contribution in [3.8, 4) is 28.5 Å². The van der Waals surface area contributed by atoms with Crippen molar-refractivity contribution in [3.05, 3.63) is 228 Å². The molecule has 108 heavy (non-hydrogen) atoms. The van der Waals surface area contributed by atoms with Crippen molar-refractivity contribution in [2.24, 2.45) is 105 Å². The van der Waals surface area contributed by atoms with E-state index >= 15 is 0 Å². The zero-order valence-electron chi connectivity index (χ0n) is 67.8. The van der Waals surface area contributed by atoms with Crippen LogP contribution in [0.3, 0.4) is 0 Å². The number of nitrogens with zero attached hydrogens (tertiary/aromatic N) is 11. The largest absolute Gasteiger partial charge is 0.299 e. The molecule has 6 aromatic carbocycles. The molecule has 14 heteroatoms. The third kappa shape index (κ3) is 24.7. The molecule has 572 valence electrons. The quantitative estimate of drug-likeness (QED) is 0.0571. The monoisotopic (exact) mass is 1450 g/mol. The van der Waals surface area contributed by atoms with E-state index in [1.54, 1.807) is 10.4 Å². The van der Waals surface area contributed by atoms with Crippen LogP contribution in [0.1, 0.15) is 196 Å². The molecule has 2 aromatic heterocycles. The van der Waals surface area contributed by atoms with E-state index in [0.717, 1.165) is 86.1 Å². The molecule has 6 aliphatic rings. The average molecular weight is 1450 g/mol. The smallest absolute Gasteiger partial charge is 0.205 e. The summed E-state index contributed by atoms with van der Waals surface area (Å²) in [5.41, 5.74) is 19.3. The SMILES string of the molecule is C=CCC(C)C.CC(C)C(=O)CC1CC2C=CC1C2.CC(C)Cc1ccc(-c2nncnn2)cc1.CC(C)Cc1ccc(-c2nnn(-c3ccccc3)n2)cc1.CC(C)Cc1ccc(C2=C3C4CC(CC(=O)C(C)C)C(C4)C3C=NN2)cc1.CC(C)Cc1ccc(N2CC(CC(C)C)C(c3ccccc3)=N2)cc1. The van der Waals surface area contributed by atoms with Gasteiger partial charge in [-0.1, -0.05) is 262 Å². The number of allylic oxidation sites excluding steroid dienone is 4. The standard InChI is InChI=1S/C24H32N2O.C23H30N2.C17H18N4.C12H14N4.C12H18O.C6H12/c1-14(2)9-16-5-7-17(8-6-16)24-23-19-10-18(12-22(27)15(3)4)20(11-19)21(23)13-25-26-24;1-17(2)14-19-10-12-22(13-11-19)25-16-21(15-18(3)4)23(24-25)20-8-6-5-7-9-20;1-13(2)12-14-8-10-15(11-9-14)17-18-20-21(19-17)16-6-4-3-5-7-16;1-9(2)7-10-3-5-11(6-4-10)12-15-13-8-14-16-12;1-8(2)12(13)7-11-6-9-3-4-10(11)5-9;1-4-5-6(2)3/h5-8,13-15,18-21,26H,9-12H2,1-4H3;5-13,17-18,21H,14-16H2,1-4H3;3-11,13H,12H2,1-2H3;3-6,8-9H,7H2,1-2H3;3-4,8-11H,5-7H2,1-2H3;4,6H,1,5H2,2-3H3.